The van der Waals surface area contributed by atoms with Gasteiger partial charge in [0.25, 0.3) is 0 Å². The zero-order valence-corrected chi connectivity index (χ0v) is 26.1. The molecule has 0 aliphatic heterocycles. The molecule has 9 heteroatoms. The van der Waals surface area contributed by atoms with Crippen LogP contribution in [0.15, 0.2) is 72.8 Å². The second kappa shape index (κ2) is 14.6. The number of halogens is 1. The van der Waals surface area contributed by atoms with Gasteiger partial charge in [0.1, 0.15) is 11.9 Å². The van der Waals surface area contributed by atoms with Gasteiger partial charge in [0, 0.05) is 37.5 Å². The summed E-state index contributed by atoms with van der Waals surface area (Å²) in [6.45, 7) is 3.90. The van der Waals surface area contributed by atoms with E-state index in [0.717, 1.165) is 48.6 Å². The monoisotopic (exact) mass is 607 g/mol. The number of anilines is 1. The largest absolute Gasteiger partial charge is 0.352 e. The van der Waals surface area contributed by atoms with Crippen LogP contribution in [0.25, 0.3) is 0 Å². The summed E-state index contributed by atoms with van der Waals surface area (Å²) in [5.41, 5.74) is 3.76. The first-order chi connectivity index (χ1) is 20.5. The van der Waals surface area contributed by atoms with Crippen molar-refractivity contribution < 1.29 is 22.4 Å². The summed E-state index contributed by atoms with van der Waals surface area (Å²) in [7, 11) is -3.61. The Kier molecular flexibility index (Phi) is 11.0. The fraction of sp³-hybridized carbons (Fsp3) is 0.412. The molecule has 0 radical (unpaired) electrons. The van der Waals surface area contributed by atoms with E-state index in [-0.39, 0.29) is 50.2 Å². The number of carbonyl (C=O) groups excluding carboxylic acids is 2. The lowest BCUT2D eigenvalue weighted by atomic mass is 10.0. The van der Waals surface area contributed by atoms with Crippen LogP contribution in [0.5, 0.6) is 0 Å². The lowest BCUT2D eigenvalue weighted by Crippen LogP contribution is -2.52. The maximum absolute atomic E-state index is 14.9. The summed E-state index contributed by atoms with van der Waals surface area (Å²) in [5.74, 6) is -1.04. The van der Waals surface area contributed by atoms with E-state index in [1.165, 1.54) is 15.3 Å². The quantitative estimate of drug-likeness (QED) is 0.271. The first-order valence-corrected chi connectivity index (χ1v) is 16.8. The number of aryl methyl sites for hydroxylation is 2. The summed E-state index contributed by atoms with van der Waals surface area (Å²) < 4.78 is 41.6. The molecule has 1 N–H and O–H groups in total. The summed E-state index contributed by atoms with van der Waals surface area (Å²) in [4.78, 5) is 29.2. The molecular formula is C34H42FN3O4S. The van der Waals surface area contributed by atoms with Crippen LogP contribution in [-0.4, -0.2) is 50.0 Å². The van der Waals surface area contributed by atoms with Crippen molar-refractivity contribution >= 4 is 27.5 Å². The van der Waals surface area contributed by atoms with Crippen molar-refractivity contribution in [3.63, 3.8) is 0 Å². The van der Waals surface area contributed by atoms with E-state index < -0.39 is 21.9 Å². The molecule has 230 valence electrons. The van der Waals surface area contributed by atoms with Gasteiger partial charge in [-0.25, -0.2) is 12.8 Å². The van der Waals surface area contributed by atoms with Crippen molar-refractivity contribution in [2.75, 3.05) is 17.1 Å². The van der Waals surface area contributed by atoms with Crippen LogP contribution in [-0.2, 0) is 32.6 Å². The summed E-state index contributed by atoms with van der Waals surface area (Å²) in [5, 5.41) is 3.15. The minimum absolute atomic E-state index is 0.00663. The van der Waals surface area contributed by atoms with E-state index in [0.29, 0.717) is 11.3 Å². The normalized spacial score (nSPS) is 14.3. The Bertz CT molecular complexity index is 1510. The number of benzene rings is 3. The molecule has 0 aromatic heterocycles. The minimum Gasteiger partial charge on any atom is -0.352 e. The van der Waals surface area contributed by atoms with Crippen LogP contribution >= 0.6 is 0 Å². The predicted octanol–water partition coefficient (Wildman–Crippen LogP) is 5.69. The van der Waals surface area contributed by atoms with Crippen molar-refractivity contribution in [2.24, 2.45) is 0 Å². The van der Waals surface area contributed by atoms with E-state index >= 15 is 0 Å². The number of nitrogens with zero attached hydrogens (tertiary/aromatic N) is 2. The molecule has 0 bridgehead atoms. The second-order valence-corrected chi connectivity index (χ2v) is 13.4. The van der Waals surface area contributed by atoms with Gasteiger partial charge in [-0.1, -0.05) is 67.4 Å². The van der Waals surface area contributed by atoms with Gasteiger partial charge in [0.15, 0.2) is 0 Å². The number of amides is 2. The van der Waals surface area contributed by atoms with Crippen LogP contribution < -0.4 is 9.62 Å². The fourth-order valence-corrected chi connectivity index (χ4v) is 6.57. The van der Waals surface area contributed by atoms with Crippen LogP contribution in [0.2, 0.25) is 0 Å². The average molecular weight is 608 g/mol. The van der Waals surface area contributed by atoms with Gasteiger partial charge in [0.2, 0.25) is 21.8 Å². The highest BCUT2D eigenvalue weighted by Crippen LogP contribution is 2.24. The third-order valence-corrected chi connectivity index (χ3v) is 9.40. The maximum Gasteiger partial charge on any atom is 0.243 e. The van der Waals surface area contributed by atoms with Crippen LogP contribution in [0, 0.1) is 19.7 Å². The standard InChI is InChI=1S/C34H42FN3O4S/c1-25-19-20-30(22-26(25)2)38(43(3,41)42)21-11-18-33(39)37(24-28-14-7-10-17-31(28)35)32(23-27-12-5-4-6-13-27)34(40)36-29-15-8-9-16-29/h4-7,10,12-14,17,19-20,22,29,32H,8-9,11,15-16,18,21,23-24H2,1-3H3,(H,36,40). The van der Waals surface area contributed by atoms with Gasteiger partial charge in [-0.15, -0.1) is 0 Å². The molecular weight excluding hydrogens is 565 g/mol. The zero-order chi connectivity index (χ0) is 31.0. The number of nitrogens with one attached hydrogen (secondary N) is 1. The molecule has 7 nitrogen and oxygen atoms in total. The van der Waals surface area contributed by atoms with E-state index in [9.17, 15) is 22.4 Å². The third kappa shape index (κ3) is 8.89. The van der Waals surface area contributed by atoms with Crippen molar-refractivity contribution in [2.45, 2.75) is 77.4 Å². The van der Waals surface area contributed by atoms with Crippen LogP contribution in [0.1, 0.15) is 60.8 Å². The molecule has 4 rings (SSSR count). The van der Waals surface area contributed by atoms with Gasteiger partial charge in [-0.2, -0.15) is 0 Å². The van der Waals surface area contributed by atoms with Gasteiger partial charge in [-0.3, -0.25) is 13.9 Å². The Morgan fingerprint density at radius 3 is 2.28 bits per heavy atom. The van der Waals surface area contributed by atoms with E-state index in [2.05, 4.69) is 5.32 Å². The van der Waals surface area contributed by atoms with Gasteiger partial charge in [0.05, 0.1) is 11.9 Å². The van der Waals surface area contributed by atoms with Gasteiger partial charge in [-0.05, 0) is 68.0 Å². The first-order valence-electron chi connectivity index (χ1n) is 14.9. The summed E-state index contributed by atoms with van der Waals surface area (Å²) >= 11 is 0. The molecule has 0 spiro atoms. The van der Waals surface area contributed by atoms with Crippen molar-refractivity contribution in [3.8, 4) is 0 Å². The molecule has 1 atom stereocenters. The molecule has 0 heterocycles. The Labute approximate surface area is 255 Å². The van der Waals surface area contributed by atoms with Crippen molar-refractivity contribution in [1.29, 1.82) is 0 Å². The molecule has 1 aliphatic rings. The topological polar surface area (TPSA) is 86.8 Å². The Balaban J connectivity index is 1.59. The highest BCUT2D eigenvalue weighted by atomic mass is 32.2. The van der Waals surface area contributed by atoms with Crippen molar-refractivity contribution in [1.82, 2.24) is 10.2 Å². The SMILES string of the molecule is Cc1ccc(N(CCCC(=O)N(Cc2ccccc2F)C(Cc2ccccc2)C(=O)NC2CCCC2)S(C)(=O)=O)cc1C. The average Bonchev–Trinajstić information content (AvgIpc) is 3.48. The molecule has 1 saturated carbocycles. The Hall–Kier alpha value is -3.72. The zero-order valence-electron chi connectivity index (χ0n) is 25.3. The van der Waals surface area contributed by atoms with Crippen LogP contribution in [0.4, 0.5) is 10.1 Å². The molecule has 2 amide bonds. The van der Waals surface area contributed by atoms with Gasteiger partial charge >= 0.3 is 0 Å². The van der Waals surface area contributed by atoms with E-state index in [1.54, 1.807) is 24.3 Å². The number of sulfonamides is 1. The summed E-state index contributed by atoms with van der Waals surface area (Å²) in [6.07, 6.45) is 5.53. The van der Waals surface area contributed by atoms with Crippen molar-refractivity contribution in [3.05, 3.63) is 101 Å². The first kappa shape index (κ1) is 32.2. The number of hydrogen-bond donors (Lipinski definition) is 1. The maximum atomic E-state index is 14.9. The molecule has 1 aliphatic carbocycles. The summed E-state index contributed by atoms with van der Waals surface area (Å²) in [6, 6.07) is 20.4. The molecule has 0 saturated heterocycles. The molecule has 1 fully saturated rings. The number of rotatable bonds is 13. The smallest absolute Gasteiger partial charge is 0.243 e. The lowest BCUT2D eigenvalue weighted by molar-refractivity contribution is -0.141. The predicted molar refractivity (Wildman–Crippen MR) is 169 cm³/mol. The fourth-order valence-electron chi connectivity index (χ4n) is 5.62. The molecule has 1 unspecified atom stereocenters. The highest BCUT2D eigenvalue weighted by Gasteiger charge is 2.32. The Morgan fingerprint density at radius 2 is 1.63 bits per heavy atom. The molecule has 3 aromatic carbocycles. The number of carbonyl (C=O) groups is 2. The molecule has 3 aromatic rings. The third-order valence-electron chi connectivity index (χ3n) is 8.20. The highest BCUT2D eigenvalue weighted by molar-refractivity contribution is 7.92. The lowest BCUT2D eigenvalue weighted by Gasteiger charge is -2.33. The van der Waals surface area contributed by atoms with Crippen LogP contribution in [0.3, 0.4) is 0 Å². The molecule has 43 heavy (non-hydrogen) atoms. The number of hydrogen-bond acceptors (Lipinski definition) is 4. The Morgan fingerprint density at radius 1 is 0.953 bits per heavy atom. The van der Waals surface area contributed by atoms with E-state index in [4.69, 9.17) is 0 Å². The second-order valence-electron chi connectivity index (χ2n) is 11.5. The van der Waals surface area contributed by atoms with E-state index in [1.807, 2.05) is 56.3 Å². The van der Waals surface area contributed by atoms with Gasteiger partial charge < -0.3 is 10.2 Å². The minimum atomic E-state index is -3.61.